The first-order valence-corrected chi connectivity index (χ1v) is 17.3. The minimum absolute atomic E-state index is 0.0746. The largest absolute Gasteiger partial charge is 0.445 e. The van der Waals surface area contributed by atoms with Gasteiger partial charge >= 0.3 is 22.2 Å². The van der Waals surface area contributed by atoms with Crippen LogP contribution in [0.2, 0.25) is 5.02 Å². The SMILES string of the molecule is CCCCCC(=O)OC(C(C[C@@H]1CCNC1=O)NC(=O)C(CC1CCCCC1)NC(=O)OCc1cccc(Cl)c1)S(=O)(=O)O. The monoisotopic (exact) mass is 657 g/mol. The quantitative estimate of drug-likeness (QED) is 0.115. The van der Waals surface area contributed by atoms with Gasteiger partial charge in [0.25, 0.3) is 0 Å². The average molecular weight is 658 g/mol. The summed E-state index contributed by atoms with van der Waals surface area (Å²) >= 11 is 6.01. The second-order valence-electron chi connectivity index (χ2n) is 11.6. The molecule has 14 heteroatoms. The van der Waals surface area contributed by atoms with Gasteiger partial charge in [0.15, 0.2) is 0 Å². The number of ether oxygens (including phenoxy) is 2. The number of carbonyl (C=O) groups excluding carboxylic acids is 4. The maximum atomic E-state index is 13.7. The molecule has 12 nitrogen and oxygen atoms in total. The van der Waals surface area contributed by atoms with Gasteiger partial charge in [-0.05, 0) is 49.3 Å². The van der Waals surface area contributed by atoms with Crippen LogP contribution in [0.15, 0.2) is 24.3 Å². The number of benzene rings is 1. The van der Waals surface area contributed by atoms with Gasteiger partial charge in [-0.2, -0.15) is 8.42 Å². The second kappa shape index (κ2) is 17.6. The molecule has 1 saturated heterocycles. The van der Waals surface area contributed by atoms with E-state index in [0.29, 0.717) is 30.0 Å². The van der Waals surface area contributed by atoms with Crippen LogP contribution in [0.3, 0.4) is 0 Å². The Balaban J connectivity index is 1.80. The Labute approximate surface area is 264 Å². The van der Waals surface area contributed by atoms with Crippen molar-refractivity contribution in [3.8, 4) is 0 Å². The van der Waals surface area contributed by atoms with Crippen LogP contribution in [-0.4, -0.2) is 60.9 Å². The molecule has 3 unspecified atom stereocenters. The summed E-state index contributed by atoms with van der Waals surface area (Å²) in [5, 5.41) is 8.34. The Morgan fingerprint density at radius 3 is 2.48 bits per heavy atom. The number of alkyl carbamates (subject to hydrolysis) is 1. The van der Waals surface area contributed by atoms with Crippen molar-refractivity contribution in [2.45, 2.75) is 108 Å². The maximum absolute atomic E-state index is 13.7. The predicted octanol–water partition coefficient (Wildman–Crippen LogP) is 4.25. The fourth-order valence-corrected chi connectivity index (χ4v) is 6.74. The highest BCUT2D eigenvalue weighted by Crippen LogP contribution is 2.28. The normalized spacial score (nSPS) is 19.3. The van der Waals surface area contributed by atoms with Gasteiger partial charge in [0.05, 0.1) is 6.04 Å². The van der Waals surface area contributed by atoms with Gasteiger partial charge in [0.2, 0.25) is 17.3 Å². The van der Waals surface area contributed by atoms with Crippen LogP contribution in [0.1, 0.15) is 89.5 Å². The Morgan fingerprint density at radius 1 is 1.09 bits per heavy atom. The number of unbranched alkanes of at least 4 members (excludes halogenated alkanes) is 2. The zero-order chi connectivity index (χ0) is 32.1. The molecule has 0 spiro atoms. The Hall–Kier alpha value is -2.90. The molecule has 0 aromatic heterocycles. The Morgan fingerprint density at radius 2 is 1.84 bits per heavy atom. The van der Waals surface area contributed by atoms with E-state index in [1.54, 1.807) is 24.3 Å². The number of carbonyl (C=O) groups is 4. The van der Waals surface area contributed by atoms with Crippen LogP contribution < -0.4 is 16.0 Å². The first kappa shape index (κ1) is 35.6. The molecule has 1 heterocycles. The third-order valence-corrected chi connectivity index (χ3v) is 9.29. The summed E-state index contributed by atoms with van der Waals surface area (Å²) in [4.78, 5) is 51.5. The lowest BCUT2D eigenvalue weighted by Gasteiger charge is -2.30. The van der Waals surface area contributed by atoms with Crippen molar-refractivity contribution in [1.82, 2.24) is 16.0 Å². The van der Waals surface area contributed by atoms with E-state index < -0.39 is 51.5 Å². The molecule has 4 N–H and O–H groups in total. The average Bonchev–Trinajstić information content (AvgIpc) is 3.38. The van der Waals surface area contributed by atoms with Gasteiger partial charge in [0.1, 0.15) is 12.6 Å². The molecule has 3 amide bonds. The molecule has 1 aliphatic carbocycles. The highest BCUT2D eigenvalue weighted by molar-refractivity contribution is 7.86. The van der Waals surface area contributed by atoms with Crippen molar-refractivity contribution in [1.29, 1.82) is 0 Å². The number of hydrogen-bond acceptors (Lipinski definition) is 8. The minimum Gasteiger partial charge on any atom is -0.445 e. The molecule has 1 aromatic rings. The molecule has 1 saturated carbocycles. The third kappa shape index (κ3) is 11.9. The highest BCUT2D eigenvalue weighted by atomic mass is 35.5. The fourth-order valence-electron chi connectivity index (χ4n) is 5.70. The molecule has 2 fully saturated rings. The van der Waals surface area contributed by atoms with Crippen LogP contribution in [0, 0.1) is 11.8 Å². The molecule has 0 radical (unpaired) electrons. The topological polar surface area (TPSA) is 177 Å². The van der Waals surface area contributed by atoms with Crippen LogP contribution in [0.4, 0.5) is 4.79 Å². The van der Waals surface area contributed by atoms with E-state index in [0.717, 1.165) is 44.9 Å². The molecule has 44 heavy (non-hydrogen) atoms. The lowest BCUT2D eigenvalue weighted by atomic mass is 9.84. The molecule has 4 atom stereocenters. The standard InChI is InChI=1S/C30H44ClN3O9S/c1-2-3-5-13-26(35)43-29(44(39,40)41)25(18-22-14-15-32-27(22)36)33-28(37)24(17-20-9-6-4-7-10-20)34-30(38)42-19-21-11-8-12-23(31)16-21/h8,11-12,16,20,22,24-25,29H,2-7,9-10,13-15,17-19H2,1H3,(H,32,36)(H,33,37)(H,34,38)(H,39,40,41)/t22-,24?,25?,29?/m0/s1. The predicted molar refractivity (Wildman–Crippen MR) is 163 cm³/mol. The van der Waals surface area contributed by atoms with Crippen molar-refractivity contribution in [3.63, 3.8) is 0 Å². The summed E-state index contributed by atoms with van der Waals surface area (Å²) in [6.07, 6.45) is 6.25. The molecule has 3 rings (SSSR count). The molecule has 246 valence electrons. The fraction of sp³-hybridized carbons (Fsp3) is 0.667. The van der Waals surface area contributed by atoms with Gasteiger partial charge in [-0.1, -0.05) is 75.6 Å². The van der Waals surface area contributed by atoms with Crippen molar-refractivity contribution in [2.24, 2.45) is 11.8 Å². The van der Waals surface area contributed by atoms with Crippen LogP contribution >= 0.6 is 11.6 Å². The summed E-state index contributed by atoms with van der Waals surface area (Å²) in [5.74, 6) is -2.49. The first-order chi connectivity index (χ1) is 21.0. The van der Waals surface area contributed by atoms with Gasteiger partial charge < -0.3 is 25.4 Å². The summed E-state index contributed by atoms with van der Waals surface area (Å²) in [7, 11) is -5.03. The molecular formula is C30H44ClN3O9S. The van der Waals surface area contributed by atoms with E-state index in [1.165, 1.54) is 0 Å². The van der Waals surface area contributed by atoms with Gasteiger partial charge in [-0.3, -0.25) is 18.9 Å². The number of hydrogen-bond donors (Lipinski definition) is 4. The van der Waals surface area contributed by atoms with E-state index in [2.05, 4.69) is 16.0 Å². The van der Waals surface area contributed by atoms with E-state index >= 15 is 0 Å². The zero-order valence-electron chi connectivity index (χ0n) is 25.1. The van der Waals surface area contributed by atoms with Gasteiger partial charge in [0, 0.05) is 23.9 Å². The zero-order valence-corrected chi connectivity index (χ0v) is 26.7. The molecule has 1 aliphatic heterocycles. The second-order valence-corrected chi connectivity index (χ2v) is 13.5. The molecule has 2 aliphatic rings. The van der Waals surface area contributed by atoms with E-state index in [-0.39, 0.29) is 37.7 Å². The van der Waals surface area contributed by atoms with Crippen LogP contribution in [0.25, 0.3) is 0 Å². The van der Waals surface area contributed by atoms with Gasteiger partial charge in [-0.25, -0.2) is 4.79 Å². The van der Waals surface area contributed by atoms with Crippen LogP contribution in [0.5, 0.6) is 0 Å². The first-order valence-electron chi connectivity index (χ1n) is 15.4. The summed E-state index contributed by atoms with van der Waals surface area (Å²) < 4.78 is 45.7. The lowest BCUT2D eigenvalue weighted by Crippen LogP contribution is -2.56. The molecular weight excluding hydrogens is 614 g/mol. The maximum Gasteiger partial charge on any atom is 0.408 e. The molecule has 1 aromatic carbocycles. The Bertz CT molecular complexity index is 1240. The number of amides is 3. The van der Waals surface area contributed by atoms with Crippen LogP contribution in [-0.2, 0) is 40.6 Å². The number of rotatable bonds is 16. The number of esters is 1. The number of nitrogens with one attached hydrogen (secondary N) is 3. The van der Waals surface area contributed by atoms with Crippen molar-refractivity contribution in [3.05, 3.63) is 34.9 Å². The smallest absolute Gasteiger partial charge is 0.408 e. The highest BCUT2D eigenvalue weighted by Gasteiger charge is 2.41. The van der Waals surface area contributed by atoms with E-state index in [4.69, 9.17) is 21.1 Å². The van der Waals surface area contributed by atoms with Crippen molar-refractivity contribution < 1.29 is 41.6 Å². The van der Waals surface area contributed by atoms with E-state index in [9.17, 15) is 32.1 Å². The minimum atomic E-state index is -5.03. The summed E-state index contributed by atoms with van der Waals surface area (Å²) in [6.45, 7) is 2.21. The summed E-state index contributed by atoms with van der Waals surface area (Å²) in [5.41, 5.74) is -1.49. The number of halogens is 1. The van der Waals surface area contributed by atoms with Gasteiger partial charge in [-0.15, -0.1) is 0 Å². The summed E-state index contributed by atoms with van der Waals surface area (Å²) in [6, 6.07) is 4.19. The third-order valence-electron chi connectivity index (χ3n) is 8.04. The Kier molecular flexibility index (Phi) is 14.2. The van der Waals surface area contributed by atoms with Crippen molar-refractivity contribution >= 4 is 45.6 Å². The molecule has 0 bridgehead atoms. The van der Waals surface area contributed by atoms with E-state index in [1.807, 2.05) is 6.92 Å². The lowest BCUT2D eigenvalue weighted by molar-refractivity contribution is -0.148. The van der Waals surface area contributed by atoms with Crippen molar-refractivity contribution in [2.75, 3.05) is 6.54 Å².